The Morgan fingerprint density at radius 2 is 2.16 bits per heavy atom. The zero-order valence-corrected chi connectivity index (χ0v) is 11.4. The van der Waals surface area contributed by atoms with Gasteiger partial charge in [0.05, 0.1) is 17.7 Å². The lowest BCUT2D eigenvalue weighted by atomic mass is 10.1. The summed E-state index contributed by atoms with van der Waals surface area (Å²) in [6.45, 7) is 6.22. The summed E-state index contributed by atoms with van der Waals surface area (Å²) in [6, 6.07) is 7.73. The molecule has 0 spiro atoms. The standard InChI is InChI=1S/C15H18N2O2/c1-4-19-15(18)14-11-6-5-9-16-12(11)7-8-13(14)17-10(2)3/h5-10,17H,4H2,1-3H3. The molecule has 0 unspecified atom stereocenters. The van der Waals surface area contributed by atoms with Crippen LogP contribution in [0.5, 0.6) is 0 Å². The Morgan fingerprint density at radius 3 is 2.84 bits per heavy atom. The van der Waals surface area contributed by atoms with Crippen LogP contribution in [-0.2, 0) is 4.74 Å². The predicted octanol–water partition coefficient (Wildman–Crippen LogP) is 3.23. The van der Waals surface area contributed by atoms with Crippen molar-refractivity contribution in [2.24, 2.45) is 0 Å². The highest BCUT2D eigenvalue weighted by Crippen LogP contribution is 2.26. The van der Waals surface area contributed by atoms with Gasteiger partial charge in [0.15, 0.2) is 0 Å². The Labute approximate surface area is 112 Å². The molecule has 0 aliphatic rings. The lowest BCUT2D eigenvalue weighted by Gasteiger charge is -2.15. The molecule has 100 valence electrons. The summed E-state index contributed by atoms with van der Waals surface area (Å²) < 4.78 is 5.15. The molecule has 1 aromatic carbocycles. The second-order valence-electron chi connectivity index (χ2n) is 4.58. The number of hydrogen-bond acceptors (Lipinski definition) is 4. The highest BCUT2D eigenvalue weighted by molar-refractivity contribution is 6.08. The van der Waals surface area contributed by atoms with Gasteiger partial charge in [-0.3, -0.25) is 4.98 Å². The van der Waals surface area contributed by atoms with E-state index >= 15 is 0 Å². The molecule has 0 aliphatic heterocycles. The van der Waals surface area contributed by atoms with Crippen molar-refractivity contribution in [1.29, 1.82) is 0 Å². The lowest BCUT2D eigenvalue weighted by Crippen LogP contribution is -2.15. The van der Waals surface area contributed by atoms with Gasteiger partial charge in [-0.15, -0.1) is 0 Å². The molecule has 4 nitrogen and oxygen atoms in total. The molecule has 0 radical (unpaired) electrons. The van der Waals surface area contributed by atoms with E-state index in [1.807, 2.05) is 38.1 Å². The number of ether oxygens (including phenoxy) is 1. The number of benzene rings is 1. The van der Waals surface area contributed by atoms with Gasteiger partial charge in [0.2, 0.25) is 0 Å². The van der Waals surface area contributed by atoms with Crippen molar-refractivity contribution in [1.82, 2.24) is 4.98 Å². The molecule has 0 aliphatic carbocycles. The molecular weight excluding hydrogens is 240 g/mol. The molecule has 2 aromatic rings. The van der Waals surface area contributed by atoms with Gasteiger partial charge in [0, 0.05) is 23.3 Å². The third kappa shape index (κ3) is 2.84. The van der Waals surface area contributed by atoms with Gasteiger partial charge in [0.1, 0.15) is 0 Å². The molecule has 19 heavy (non-hydrogen) atoms. The maximum Gasteiger partial charge on any atom is 0.340 e. The van der Waals surface area contributed by atoms with E-state index in [1.165, 1.54) is 0 Å². The van der Waals surface area contributed by atoms with E-state index in [0.29, 0.717) is 12.2 Å². The summed E-state index contributed by atoms with van der Waals surface area (Å²) in [5.41, 5.74) is 2.13. The second kappa shape index (κ2) is 5.69. The van der Waals surface area contributed by atoms with E-state index in [-0.39, 0.29) is 12.0 Å². The van der Waals surface area contributed by atoms with Gasteiger partial charge < -0.3 is 10.1 Å². The number of nitrogens with one attached hydrogen (secondary N) is 1. The second-order valence-corrected chi connectivity index (χ2v) is 4.58. The summed E-state index contributed by atoms with van der Waals surface area (Å²) >= 11 is 0. The lowest BCUT2D eigenvalue weighted by molar-refractivity contribution is 0.0530. The van der Waals surface area contributed by atoms with Crippen LogP contribution in [0.25, 0.3) is 10.9 Å². The molecule has 0 bridgehead atoms. The molecule has 2 rings (SSSR count). The van der Waals surface area contributed by atoms with Crippen molar-refractivity contribution >= 4 is 22.6 Å². The van der Waals surface area contributed by atoms with Gasteiger partial charge >= 0.3 is 5.97 Å². The topological polar surface area (TPSA) is 51.2 Å². The molecule has 0 fully saturated rings. The Hall–Kier alpha value is -2.10. The van der Waals surface area contributed by atoms with Gasteiger partial charge in [0.25, 0.3) is 0 Å². The summed E-state index contributed by atoms with van der Waals surface area (Å²) in [5, 5.41) is 4.09. The molecule has 1 aromatic heterocycles. The number of carbonyl (C=O) groups is 1. The molecule has 0 atom stereocenters. The molecule has 0 saturated heterocycles. The molecule has 0 saturated carbocycles. The van der Waals surface area contributed by atoms with Crippen molar-refractivity contribution in [2.75, 3.05) is 11.9 Å². The van der Waals surface area contributed by atoms with Crippen LogP contribution in [0.4, 0.5) is 5.69 Å². The Balaban J connectivity index is 2.60. The maximum absolute atomic E-state index is 12.2. The number of hydrogen-bond donors (Lipinski definition) is 1. The minimum Gasteiger partial charge on any atom is -0.462 e. The average molecular weight is 258 g/mol. The first-order valence-electron chi connectivity index (χ1n) is 6.45. The molecule has 1 heterocycles. The van der Waals surface area contributed by atoms with Crippen LogP contribution in [0.3, 0.4) is 0 Å². The van der Waals surface area contributed by atoms with E-state index in [2.05, 4.69) is 10.3 Å². The number of anilines is 1. The van der Waals surface area contributed by atoms with Crippen molar-refractivity contribution in [3.63, 3.8) is 0 Å². The minimum atomic E-state index is -0.316. The zero-order valence-electron chi connectivity index (χ0n) is 11.4. The van der Waals surface area contributed by atoms with Crippen LogP contribution < -0.4 is 5.32 Å². The van der Waals surface area contributed by atoms with E-state index in [9.17, 15) is 4.79 Å². The molecular formula is C15H18N2O2. The van der Waals surface area contributed by atoms with Crippen LogP contribution in [0.15, 0.2) is 30.5 Å². The van der Waals surface area contributed by atoms with Crippen LogP contribution in [0.1, 0.15) is 31.1 Å². The van der Waals surface area contributed by atoms with Crippen LogP contribution in [-0.4, -0.2) is 23.6 Å². The first-order chi connectivity index (χ1) is 9.13. The average Bonchev–Trinajstić information content (AvgIpc) is 2.38. The zero-order chi connectivity index (χ0) is 13.8. The van der Waals surface area contributed by atoms with Crippen LogP contribution in [0, 0.1) is 0 Å². The first-order valence-corrected chi connectivity index (χ1v) is 6.45. The fraction of sp³-hybridized carbons (Fsp3) is 0.333. The Morgan fingerprint density at radius 1 is 1.37 bits per heavy atom. The largest absolute Gasteiger partial charge is 0.462 e. The van der Waals surface area contributed by atoms with E-state index in [0.717, 1.165) is 16.6 Å². The summed E-state index contributed by atoms with van der Waals surface area (Å²) in [4.78, 5) is 16.4. The number of rotatable bonds is 4. The fourth-order valence-corrected chi connectivity index (χ4v) is 2.01. The first kappa shape index (κ1) is 13.3. The normalized spacial score (nSPS) is 10.7. The number of nitrogens with zero attached hydrogens (tertiary/aromatic N) is 1. The highest BCUT2D eigenvalue weighted by Gasteiger charge is 2.17. The van der Waals surface area contributed by atoms with Crippen molar-refractivity contribution in [3.05, 3.63) is 36.0 Å². The highest BCUT2D eigenvalue weighted by atomic mass is 16.5. The van der Waals surface area contributed by atoms with Crippen LogP contribution in [0.2, 0.25) is 0 Å². The fourth-order valence-electron chi connectivity index (χ4n) is 2.01. The van der Waals surface area contributed by atoms with E-state index in [1.54, 1.807) is 13.1 Å². The quantitative estimate of drug-likeness (QED) is 0.855. The minimum absolute atomic E-state index is 0.238. The van der Waals surface area contributed by atoms with Crippen molar-refractivity contribution in [3.8, 4) is 0 Å². The van der Waals surface area contributed by atoms with Gasteiger partial charge in [-0.1, -0.05) is 6.07 Å². The Bertz CT molecular complexity index is 594. The number of esters is 1. The summed E-state index contributed by atoms with van der Waals surface area (Å²) in [7, 11) is 0. The predicted molar refractivity (Wildman–Crippen MR) is 76.5 cm³/mol. The van der Waals surface area contributed by atoms with E-state index in [4.69, 9.17) is 4.74 Å². The van der Waals surface area contributed by atoms with Gasteiger partial charge in [-0.2, -0.15) is 0 Å². The Kier molecular flexibility index (Phi) is 4.00. The molecule has 1 N–H and O–H groups in total. The number of carbonyl (C=O) groups excluding carboxylic acids is 1. The number of pyridine rings is 1. The van der Waals surface area contributed by atoms with Gasteiger partial charge in [-0.05, 0) is 39.0 Å². The van der Waals surface area contributed by atoms with Gasteiger partial charge in [-0.25, -0.2) is 4.79 Å². The third-order valence-electron chi connectivity index (χ3n) is 2.71. The third-order valence-corrected chi connectivity index (χ3v) is 2.71. The van der Waals surface area contributed by atoms with E-state index < -0.39 is 0 Å². The smallest absolute Gasteiger partial charge is 0.340 e. The number of fused-ring (bicyclic) bond motifs is 1. The molecule has 4 heteroatoms. The van der Waals surface area contributed by atoms with Crippen molar-refractivity contribution < 1.29 is 9.53 Å². The summed E-state index contributed by atoms with van der Waals surface area (Å²) in [6.07, 6.45) is 1.72. The monoisotopic (exact) mass is 258 g/mol. The maximum atomic E-state index is 12.2. The summed E-state index contributed by atoms with van der Waals surface area (Å²) in [5.74, 6) is -0.316. The van der Waals surface area contributed by atoms with Crippen molar-refractivity contribution in [2.45, 2.75) is 26.8 Å². The SMILES string of the molecule is CCOC(=O)c1c(NC(C)C)ccc2ncccc12. The molecule has 0 amide bonds. The van der Waals surface area contributed by atoms with Crippen LogP contribution >= 0.6 is 0 Å². The number of aromatic nitrogens is 1.